The average molecular weight is 258 g/mol. The maximum Gasteiger partial charge on any atom is 0.320 e. The van der Waals surface area contributed by atoms with E-state index in [9.17, 15) is 4.79 Å². The van der Waals surface area contributed by atoms with Crippen molar-refractivity contribution in [1.82, 2.24) is 0 Å². The first-order valence-electron chi connectivity index (χ1n) is 4.32. The second kappa shape index (κ2) is 5.12. The molecule has 0 bridgehead atoms. The minimum Gasteiger partial charge on any atom is -0.480 e. The van der Waals surface area contributed by atoms with Gasteiger partial charge in [0.05, 0.1) is 0 Å². The van der Waals surface area contributed by atoms with E-state index in [1.807, 2.05) is 24.3 Å². The summed E-state index contributed by atoms with van der Waals surface area (Å²) >= 11 is 3.33. The first kappa shape index (κ1) is 11.2. The molecule has 3 N–H and O–H groups in total. The molecule has 0 aliphatic rings. The van der Waals surface area contributed by atoms with Gasteiger partial charge in [-0.3, -0.25) is 4.79 Å². The number of hydrogen-bond donors (Lipinski definition) is 2. The third kappa shape index (κ3) is 3.47. The van der Waals surface area contributed by atoms with Crippen LogP contribution in [0.25, 0.3) is 0 Å². The molecule has 1 atom stereocenters. The summed E-state index contributed by atoms with van der Waals surface area (Å²) in [4.78, 5) is 10.4. The SMILES string of the molecule is N[C@H](CCc1ccc(Br)cc1)C(=O)O. The van der Waals surface area contributed by atoms with Gasteiger partial charge in [-0.15, -0.1) is 0 Å². The number of carboxylic acid groups (broad SMARTS) is 1. The number of carboxylic acids is 1. The number of aryl methyl sites for hydroxylation is 1. The van der Waals surface area contributed by atoms with Crippen molar-refractivity contribution in [3.8, 4) is 0 Å². The van der Waals surface area contributed by atoms with Crippen LogP contribution < -0.4 is 5.73 Å². The maximum atomic E-state index is 10.4. The van der Waals surface area contributed by atoms with Gasteiger partial charge in [0.2, 0.25) is 0 Å². The minimum atomic E-state index is -0.942. The quantitative estimate of drug-likeness (QED) is 0.865. The fraction of sp³-hybridized carbons (Fsp3) is 0.300. The molecule has 1 aromatic rings. The number of carbonyl (C=O) groups is 1. The molecule has 0 unspecified atom stereocenters. The van der Waals surface area contributed by atoms with E-state index in [-0.39, 0.29) is 0 Å². The molecule has 76 valence electrons. The Kier molecular flexibility index (Phi) is 4.10. The molecule has 0 aliphatic heterocycles. The van der Waals surface area contributed by atoms with Gasteiger partial charge >= 0.3 is 5.97 Å². The highest BCUT2D eigenvalue weighted by Crippen LogP contribution is 2.12. The Bertz CT molecular complexity index is 310. The first-order chi connectivity index (χ1) is 6.59. The van der Waals surface area contributed by atoms with Crippen LogP contribution in [0, 0.1) is 0 Å². The van der Waals surface area contributed by atoms with E-state index in [2.05, 4.69) is 15.9 Å². The summed E-state index contributed by atoms with van der Waals surface area (Å²) in [7, 11) is 0. The normalized spacial score (nSPS) is 12.4. The average Bonchev–Trinajstić information content (AvgIpc) is 2.16. The lowest BCUT2D eigenvalue weighted by Crippen LogP contribution is -2.30. The second-order valence-corrected chi connectivity index (χ2v) is 4.03. The van der Waals surface area contributed by atoms with Crippen LogP contribution in [-0.2, 0) is 11.2 Å². The summed E-state index contributed by atoms with van der Waals surface area (Å²) in [5, 5.41) is 8.57. The van der Waals surface area contributed by atoms with Crippen LogP contribution in [0.1, 0.15) is 12.0 Å². The van der Waals surface area contributed by atoms with Gasteiger partial charge in [0.15, 0.2) is 0 Å². The third-order valence-electron chi connectivity index (χ3n) is 1.97. The van der Waals surface area contributed by atoms with Crippen molar-refractivity contribution in [1.29, 1.82) is 0 Å². The predicted molar refractivity (Wildman–Crippen MR) is 58.1 cm³/mol. The fourth-order valence-corrected chi connectivity index (χ4v) is 1.36. The number of hydrogen-bond acceptors (Lipinski definition) is 2. The van der Waals surface area contributed by atoms with Gasteiger partial charge in [-0.1, -0.05) is 28.1 Å². The molecule has 4 heteroatoms. The van der Waals surface area contributed by atoms with Gasteiger partial charge in [0, 0.05) is 4.47 Å². The molecule has 0 fully saturated rings. The lowest BCUT2D eigenvalue weighted by atomic mass is 10.1. The van der Waals surface area contributed by atoms with Crippen molar-refractivity contribution in [2.75, 3.05) is 0 Å². The molecule has 0 saturated heterocycles. The molecule has 3 nitrogen and oxygen atoms in total. The van der Waals surface area contributed by atoms with E-state index in [1.165, 1.54) is 0 Å². The zero-order chi connectivity index (χ0) is 10.6. The van der Waals surface area contributed by atoms with Crippen LogP contribution in [0.4, 0.5) is 0 Å². The van der Waals surface area contributed by atoms with Gasteiger partial charge in [0.1, 0.15) is 6.04 Å². The lowest BCUT2D eigenvalue weighted by Gasteiger charge is -2.05. The topological polar surface area (TPSA) is 63.3 Å². The molecule has 0 spiro atoms. The summed E-state index contributed by atoms with van der Waals surface area (Å²) in [6.07, 6.45) is 1.16. The van der Waals surface area contributed by atoms with Crippen molar-refractivity contribution in [3.05, 3.63) is 34.3 Å². The Morgan fingerprint density at radius 2 is 2.00 bits per heavy atom. The molecular weight excluding hydrogens is 246 g/mol. The molecule has 14 heavy (non-hydrogen) atoms. The van der Waals surface area contributed by atoms with Crippen LogP contribution in [-0.4, -0.2) is 17.1 Å². The molecule has 0 radical (unpaired) electrons. The third-order valence-corrected chi connectivity index (χ3v) is 2.50. The summed E-state index contributed by atoms with van der Waals surface area (Å²) in [6, 6.07) is 7.01. The summed E-state index contributed by atoms with van der Waals surface area (Å²) in [5.41, 5.74) is 6.49. The van der Waals surface area contributed by atoms with Crippen molar-refractivity contribution < 1.29 is 9.90 Å². The van der Waals surface area contributed by atoms with Gasteiger partial charge in [0.25, 0.3) is 0 Å². The maximum absolute atomic E-state index is 10.4. The Labute approximate surface area is 91.1 Å². The van der Waals surface area contributed by atoms with Crippen LogP contribution in [0.2, 0.25) is 0 Å². The smallest absolute Gasteiger partial charge is 0.320 e. The van der Waals surface area contributed by atoms with Crippen LogP contribution in [0.3, 0.4) is 0 Å². The first-order valence-corrected chi connectivity index (χ1v) is 5.11. The van der Waals surface area contributed by atoms with E-state index in [1.54, 1.807) is 0 Å². The molecule has 0 aliphatic carbocycles. The number of rotatable bonds is 4. The van der Waals surface area contributed by atoms with Gasteiger partial charge < -0.3 is 10.8 Å². The Hall–Kier alpha value is -0.870. The van der Waals surface area contributed by atoms with Crippen LogP contribution >= 0.6 is 15.9 Å². The predicted octanol–water partition coefficient (Wildman–Crippen LogP) is 1.79. The highest BCUT2D eigenvalue weighted by molar-refractivity contribution is 9.10. The number of benzene rings is 1. The van der Waals surface area contributed by atoms with Crippen molar-refractivity contribution in [3.63, 3.8) is 0 Å². The van der Waals surface area contributed by atoms with E-state index in [4.69, 9.17) is 10.8 Å². The molecular formula is C10H12BrNO2. The zero-order valence-electron chi connectivity index (χ0n) is 7.61. The molecule has 1 rings (SSSR count). The monoisotopic (exact) mass is 257 g/mol. The van der Waals surface area contributed by atoms with Crippen LogP contribution in [0.15, 0.2) is 28.7 Å². The summed E-state index contributed by atoms with van der Waals surface area (Å²) < 4.78 is 1.02. The fourth-order valence-electron chi connectivity index (χ4n) is 1.10. The van der Waals surface area contributed by atoms with E-state index in [0.29, 0.717) is 12.8 Å². The molecule has 0 aromatic heterocycles. The summed E-state index contributed by atoms with van der Waals surface area (Å²) in [5.74, 6) is -0.942. The van der Waals surface area contributed by atoms with Gasteiger partial charge in [-0.2, -0.15) is 0 Å². The van der Waals surface area contributed by atoms with Gasteiger partial charge in [-0.05, 0) is 30.5 Å². The molecule has 1 aromatic carbocycles. The summed E-state index contributed by atoms with van der Waals surface area (Å²) in [6.45, 7) is 0. The second-order valence-electron chi connectivity index (χ2n) is 3.11. The minimum absolute atomic E-state index is 0.469. The number of halogens is 1. The van der Waals surface area contributed by atoms with Gasteiger partial charge in [-0.25, -0.2) is 0 Å². The molecule has 0 amide bonds. The number of aliphatic carboxylic acids is 1. The van der Waals surface area contributed by atoms with E-state index < -0.39 is 12.0 Å². The van der Waals surface area contributed by atoms with Crippen molar-refractivity contribution in [2.45, 2.75) is 18.9 Å². The highest BCUT2D eigenvalue weighted by atomic mass is 79.9. The standard InChI is InChI=1S/C10H12BrNO2/c11-8-4-1-7(2-5-8)3-6-9(12)10(13)14/h1-2,4-5,9H,3,6,12H2,(H,13,14)/t9-/m1/s1. The largest absolute Gasteiger partial charge is 0.480 e. The van der Waals surface area contributed by atoms with Crippen LogP contribution in [0.5, 0.6) is 0 Å². The highest BCUT2D eigenvalue weighted by Gasteiger charge is 2.10. The Morgan fingerprint density at radius 1 is 1.43 bits per heavy atom. The van der Waals surface area contributed by atoms with E-state index >= 15 is 0 Å². The van der Waals surface area contributed by atoms with Crippen molar-refractivity contribution >= 4 is 21.9 Å². The van der Waals surface area contributed by atoms with E-state index in [0.717, 1.165) is 10.0 Å². The number of nitrogens with two attached hydrogens (primary N) is 1. The Balaban J connectivity index is 2.46. The lowest BCUT2D eigenvalue weighted by molar-refractivity contribution is -0.138. The zero-order valence-corrected chi connectivity index (χ0v) is 9.20. The molecule has 0 saturated carbocycles. The van der Waals surface area contributed by atoms with Crippen molar-refractivity contribution in [2.24, 2.45) is 5.73 Å². The Morgan fingerprint density at radius 3 is 2.50 bits per heavy atom. The molecule has 0 heterocycles.